The monoisotopic (exact) mass is 427 g/mol. The summed E-state index contributed by atoms with van der Waals surface area (Å²) in [5, 5.41) is 3.10. The average Bonchev–Trinajstić information content (AvgIpc) is 2.64. The van der Waals surface area contributed by atoms with E-state index in [-0.39, 0.29) is 5.91 Å². The number of likely N-dealkylation sites (N-methyl/N-ethyl adjacent to an activating group) is 1. The molecule has 0 aromatic carbocycles. The third-order valence-corrected chi connectivity index (χ3v) is 6.02. The van der Waals surface area contributed by atoms with E-state index in [1.165, 1.54) is 89.9 Å². The number of nitrogens with one attached hydrogen (secondary N) is 1. The van der Waals surface area contributed by atoms with E-state index in [0.717, 1.165) is 35.0 Å². The first-order valence-electron chi connectivity index (χ1n) is 13.1. The molecule has 0 unspecified atom stereocenters. The SMILES string of the molecule is CCCCCCCCCCCCCCCC[N+](C)(C)CC(=O)NCCC[N+](C)(C)C. The van der Waals surface area contributed by atoms with Crippen molar-refractivity contribution in [2.24, 2.45) is 0 Å². The Balaban J connectivity index is 3.49. The molecule has 30 heavy (non-hydrogen) atoms. The van der Waals surface area contributed by atoms with Crippen LogP contribution in [0.4, 0.5) is 0 Å². The Kier molecular flexibility index (Phi) is 17.6. The molecule has 0 radical (unpaired) electrons. The van der Waals surface area contributed by atoms with E-state index in [9.17, 15) is 4.79 Å². The molecule has 0 rings (SSSR count). The summed E-state index contributed by atoms with van der Waals surface area (Å²) in [6.07, 6.45) is 20.6. The third-order valence-electron chi connectivity index (χ3n) is 6.02. The van der Waals surface area contributed by atoms with Gasteiger partial charge in [0.15, 0.2) is 6.54 Å². The Bertz CT molecular complexity index is 402. The van der Waals surface area contributed by atoms with Crippen LogP contribution < -0.4 is 5.32 Å². The first-order valence-corrected chi connectivity index (χ1v) is 13.1. The van der Waals surface area contributed by atoms with Crippen LogP contribution in [0.15, 0.2) is 0 Å². The Labute approximate surface area is 190 Å². The average molecular weight is 428 g/mol. The zero-order chi connectivity index (χ0) is 22.7. The van der Waals surface area contributed by atoms with Crippen molar-refractivity contribution < 1.29 is 13.8 Å². The number of quaternary nitrogens is 2. The van der Waals surface area contributed by atoms with Gasteiger partial charge in [0.2, 0.25) is 0 Å². The summed E-state index contributed by atoms with van der Waals surface area (Å²) < 4.78 is 1.76. The highest BCUT2D eigenvalue weighted by molar-refractivity contribution is 5.76. The maximum absolute atomic E-state index is 12.2. The van der Waals surface area contributed by atoms with Crippen molar-refractivity contribution in [1.82, 2.24) is 5.32 Å². The van der Waals surface area contributed by atoms with Crippen molar-refractivity contribution in [3.8, 4) is 0 Å². The van der Waals surface area contributed by atoms with Crippen LogP contribution in [0.1, 0.15) is 103 Å². The highest BCUT2D eigenvalue weighted by Gasteiger charge is 2.19. The number of hydrogen-bond acceptors (Lipinski definition) is 1. The molecule has 0 aliphatic heterocycles. The maximum atomic E-state index is 12.2. The highest BCUT2D eigenvalue weighted by atomic mass is 16.2. The normalized spacial score (nSPS) is 12.3. The van der Waals surface area contributed by atoms with Crippen molar-refractivity contribution in [2.75, 3.05) is 61.4 Å². The van der Waals surface area contributed by atoms with Gasteiger partial charge in [-0.15, -0.1) is 0 Å². The van der Waals surface area contributed by atoms with Crippen LogP contribution in [0.2, 0.25) is 0 Å². The second-order valence-corrected chi connectivity index (χ2v) is 11.1. The third kappa shape index (κ3) is 22.1. The van der Waals surface area contributed by atoms with Crippen molar-refractivity contribution in [1.29, 1.82) is 0 Å². The van der Waals surface area contributed by atoms with Gasteiger partial charge in [-0.2, -0.15) is 0 Å². The van der Waals surface area contributed by atoms with Gasteiger partial charge in [-0.25, -0.2) is 0 Å². The van der Waals surface area contributed by atoms with Crippen LogP contribution in [0.5, 0.6) is 0 Å². The molecule has 0 aromatic heterocycles. The van der Waals surface area contributed by atoms with E-state index in [1.807, 2.05) is 0 Å². The molecule has 0 aromatic rings. The van der Waals surface area contributed by atoms with Crippen molar-refractivity contribution in [2.45, 2.75) is 103 Å². The Morgan fingerprint density at radius 2 is 1.03 bits per heavy atom. The fraction of sp³-hybridized carbons (Fsp3) is 0.962. The minimum atomic E-state index is 0.201. The van der Waals surface area contributed by atoms with Gasteiger partial charge >= 0.3 is 0 Å². The first kappa shape index (κ1) is 29.4. The van der Waals surface area contributed by atoms with Gasteiger partial charge < -0.3 is 14.3 Å². The molecule has 180 valence electrons. The Morgan fingerprint density at radius 1 is 0.600 bits per heavy atom. The molecule has 0 aliphatic rings. The van der Waals surface area contributed by atoms with Crippen molar-refractivity contribution in [3.05, 3.63) is 0 Å². The largest absolute Gasteiger partial charge is 0.351 e. The summed E-state index contributed by atoms with van der Waals surface area (Å²) >= 11 is 0. The number of rotatable bonds is 21. The molecular weight excluding hydrogens is 370 g/mol. The smallest absolute Gasteiger partial charge is 0.275 e. The van der Waals surface area contributed by atoms with Gasteiger partial charge in [0.05, 0.1) is 48.3 Å². The number of hydrogen-bond donors (Lipinski definition) is 1. The zero-order valence-electron chi connectivity index (χ0n) is 21.7. The summed E-state index contributed by atoms with van der Waals surface area (Å²) in [7, 11) is 11.0. The van der Waals surface area contributed by atoms with E-state index in [4.69, 9.17) is 0 Å². The van der Waals surface area contributed by atoms with E-state index in [1.54, 1.807) is 0 Å². The minimum Gasteiger partial charge on any atom is -0.351 e. The fourth-order valence-corrected chi connectivity index (χ4v) is 4.04. The molecule has 0 saturated carbocycles. The number of unbranched alkanes of at least 4 members (excludes halogenated alkanes) is 13. The summed E-state index contributed by atoms with van der Waals surface area (Å²) in [6, 6.07) is 0. The number of amides is 1. The van der Waals surface area contributed by atoms with E-state index >= 15 is 0 Å². The molecular formula is C26H57N3O+2. The maximum Gasteiger partial charge on any atom is 0.275 e. The topological polar surface area (TPSA) is 29.1 Å². The lowest BCUT2D eigenvalue weighted by Crippen LogP contribution is -2.48. The molecule has 0 spiro atoms. The van der Waals surface area contributed by atoms with Gasteiger partial charge in [-0.3, -0.25) is 4.79 Å². The number of carbonyl (C=O) groups excluding carboxylic acids is 1. The van der Waals surface area contributed by atoms with Crippen LogP contribution in [0.25, 0.3) is 0 Å². The quantitative estimate of drug-likeness (QED) is 0.183. The molecule has 1 N–H and O–H groups in total. The molecule has 0 aliphatic carbocycles. The molecule has 0 fully saturated rings. The van der Waals surface area contributed by atoms with Gasteiger partial charge in [-0.05, 0) is 12.8 Å². The molecule has 4 heteroatoms. The first-order chi connectivity index (χ1) is 14.2. The van der Waals surface area contributed by atoms with Gasteiger partial charge in [0.1, 0.15) is 0 Å². The fourth-order valence-electron chi connectivity index (χ4n) is 4.04. The van der Waals surface area contributed by atoms with Crippen LogP contribution in [0.3, 0.4) is 0 Å². The van der Waals surface area contributed by atoms with Crippen LogP contribution in [-0.4, -0.2) is 76.3 Å². The minimum absolute atomic E-state index is 0.201. The van der Waals surface area contributed by atoms with Gasteiger partial charge in [0.25, 0.3) is 5.91 Å². The molecule has 1 amide bonds. The van der Waals surface area contributed by atoms with E-state index in [0.29, 0.717) is 6.54 Å². The standard InChI is InChI=1S/C26H56N3O/c1-7-8-9-10-11-12-13-14-15-16-17-18-19-20-24-29(5,6)25-26(30)27-22-21-23-28(2,3)4/h7-25H2,1-6H3/q+1/p+1. The lowest BCUT2D eigenvalue weighted by Gasteiger charge is -2.29. The number of nitrogens with zero attached hydrogens (tertiary/aromatic N) is 2. The van der Waals surface area contributed by atoms with Gasteiger partial charge in [0, 0.05) is 13.0 Å². The highest BCUT2D eigenvalue weighted by Crippen LogP contribution is 2.13. The van der Waals surface area contributed by atoms with Crippen LogP contribution >= 0.6 is 0 Å². The summed E-state index contributed by atoms with van der Waals surface area (Å²) in [6.45, 7) is 5.88. The van der Waals surface area contributed by atoms with Crippen molar-refractivity contribution in [3.63, 3.8) is 0 Å². The van der Waals surface area contributed by atoms with Gasteiger partial charge in [-0.1, -0.05) is 84.0 Å². The molecule has 4 nitrogen and oxygen atoms in total. The lowest BCUT2D eigenvalue weighted by molar-refractivity contribution is -0.882. The van der Waals surface area contributed by atoms with Crippen LogP contribution in [0, 0.1) is 0 Å². The zero-order valence-corrected chi connectivity index (χ0v) is 21.7. The Hall–Kier alpha value is -0.610. The van der Waals surface area contributed by atoms with Crippen LogP contribution in [-0.2, 0) is 4.79 Å². The van der Waals surface area contributed by atoms with E-state index in [2.05, 4.69) is 47.5 Å². The summed E-state index contributed by atoms with van der Waals surface area (Å²) in [4.78, 5) is 12.2. The van der Waals surface area contributed by atoms with Crippen molar-refractivity contribution >= 4 is 5.91 Å². The molecule has 0 bridgehead atoms. The molecule has 0 saturated heterocycles. The second-order valence-electron chi connectivity index (χ2n) is 11.1. The molecule has 0 atom stereocenters. The summed E-state index contributed by atoms with van der Waals surface area (Å²) in [5.41, 5.74) is 0. The second kappa shape index (κ2) is 18.0. The molecule has 0 heterocycles. The predicted octanol–water partition coefficient (Wildman–Crippen LogP) is 5.76. The lowest BCUT2D eigenvalue weighted by atomic mass is 10.0. The Morgan fingerprint density at radius 3 is 1.47 bits per heavy atom. The number of carbonyl (C=O) groups is 1. The van der Waals surface area contributed by atoms with E-state index < -0.39 is 0 Å². The summed E-state index contributed by atoms with van der Waals surface area (Å²) in [5.74, 6) is 0.201. The predicted molar refractivity (Wildman–Crippen MR) is 133 cm³/mol.